The molecule has 0 bridgehead atoms. The van der Waals surface area contributed by atoms with E-state index in [0.717, 1.165) is 63.9 Å². The summed E-state index contributed by atoms with van der Waals surface area (Å²) in [5, 5.41) is 117. The van der Waals surface area contributed by atoms with Crippen molar-refractivity contribution in [1.82, 2.24) is 0 Å². The Morgan fingerprint density at radius 3 is 1.31 bits per heavy atom. The fourth-order valence-electron chi connectivity index (χ4n) is 10.1. The van der Waals surface area contributed by atoms with Gasteiger partial charge in [0.2, 0.25) is 0 Å². The van der Waals surface area contributed by atoms with E-state index in [2.05, 4.69) is 13.8 Å². The molecule has 81 heavy (non-hydrogen) atoms. The number of aliphatic hydroxyl groups excluding tert-OH is 11. The molecule has 0 aromatic rings. The summed E-state index contributed by atoms with van der Waals surface area (Å²) < 4.78 is 57.9. The predicted molar refractivity (Wildman–Crippen MR) is 296 cm³/mol. The first-order valence-corrected chi connectivity index (χ1v) is 31.7. The van der Waals surface area contributed by atoms with Gasteiger partial charge in [-0.25, -0.2) is 9.36 Å². The van der Waals surface area contributed by atoms with Gasteiger partial charge < -0.3 is 89.5 Å². The summed E-state index contributed by atoms with van der Waals surface area (Å²) in [5.74, 6) is -1.58. The molecule has 2 saturated heterocycles. The lowest BCUT2D eigenvalue weighted by Crippen LogP contribution is -2.69. The molecule has 0 aromatic carbocycles. The molecule has 474 valence electrons. The molecule has 23 nitrogen and oxygen atoms in total. The molecule has 24 heteroatoms. The smallest absolute Gasteiger partial charge is 0.462 e. The van der Waals surface area contributed by atoms with Gasteiger partial charge >= 0.3 is 19.8 Å². The Kier molecular flexibility index (Phi) is 37.8. The maximum atomic E-state index is 14.0. The number of hydrogen-bond acceptors (Lipinski definition) is 22. The topological polar surface area (TPSA) is 368 Å². The molecular formula is C57H103O23P. The Morgan fingerprint density at radius 2 is 0.889 bits per heavy atom. The molecule has 16 atom stereocenters. The summed E-state index contributed by atoms with van der Waals surface area (Å²) in [6.07, 6.45) is 2.24. The third kappa shape index (κ3) is 27.5. The van der Waals surface area contributed by atoms with Gasteiger partial charge in [-0.1, -0.05) is 186 Å². The number of allylic oxidation sites excluding steroid dienone is 3. The Balaban J connectivity index is 1.71. The highest BCUT2D eigenvalue weighted by atomic mass is 31.2. The lowest BCUT2D eigenvalue weighted by molar-refractivity contribution is -0.360. The Hall–Kier alpha value is -2.07. The fraction of sp³-hybridized carbons (Fsp3) is 0.895. The van der Waals surface area contributed by atoms with E-state index in [1.54, 1.807) is 6.08 Å². The third-order valence-corrected chi connectivity index (χ3v) is 16.1. The van der Waals surface area contributed by atoms with Crippen molar-refractivity contribution in [2.75, 3.05) is 26.4 Å². The van der Waals surface area contributed by atoms with E-state index in [-0.39, 0.29) is 6.42 Å². The highest BCUT2D eigenvalue weighted by molar-refractivity contribution is 7.47. The predicted octanol–water partition coefficient (Wildman–Crippen LogP) is 4.49. The van der Waals surface area contributed by atoms with Crippen molar-refractivity contribution in [3.63, 3.8) is 0 Å². The number of carbonyl (C=O) groups is 2. The Labute approximate surface area is 479 Å². The number of hydrogen-bond donors (Lipinski definition) is 12. The van der Waals surface area contributed by atoms with Crippen molar-refractivity contribution in [3.05, 3.63) is 24.3 Å². The van der Waals surface area contributed by atoms with Gasteiger partial charge in [0.1, 0.15) is 92.1 Å². The molecule has 12 N–H and O–H groups in total. The highest BCUT2D eigenvalue weighted by Gasteiger charge is 2.58. The SMILES string of the molecule is CCCCCCCCCCCCCC=CC=CC(=O)OC(COC(=O)CCCCCCCCCCCCCCCCC)COP(=O)(O)OC1C(OC2OC(CO)C(O)C(O)C2O)C(O)C(O)C(O)C1OC1OC(CO)C(O)C(O)C1O. The van der Waals surface area contributed by atoms with Gasteiger partial charge in [-0.2, -0.15) is 0 Å². The van der Waals surface area contributed by atoms with Gasteiger partial charge in [0.15, 0.2) is 18.7 Å². The second kappa shape index (κ2) is 41.9. The number of aliphatic hydroxyl groups is 11. The van der Waals surface area contributed by atoms with Crippen LogP contribution in [0.1, 0.15) is 194 Å². The minimum Gasteiger partial charge on any atom is -0.462 e. The van der Waals surface area contributed by atoms with Crippen LogP contribution in [0.3, 0.4) is 0 Å². The summed E-state index contributed by atoms with van der Waals surface area (Å²) in [6, 6.07) is 0. The van der Waals surface area contributed by atoms with Crippen LogP contribution in [0, 0.1) is 0 Å². The number of rotatable bonds is 44. The van der Waals surface area contributed by atoms with Crippen LogP contribution in [0.4, 0.5) is 0 Å². The van der Waals surface area contributed by atoms with Crippen LogP contribution in [0.15, 0.2) is 24.3 Å². The third-order valence-electron chi connectivity index (χ3n) is 15.1. The molecule has 0 aromatic heterocycles. The van der Waals surface area contributed by atoms with Gasteiger partial charge in [0.05, 0.1) is 19.8 Å². The quantitative estimate of drug-likeness (QED) is 0.0131. The normalized spacial score (nSPS) is 31.1. The molecule has 16 unspecified atom stereocenters. The van der Waals surface area contributed by atoms with E-state index in [1.165, 1.54) is 115 Å². The van der Waals surface area contributed by atoms with E-state index in [0.29, 0.717) is 6.42 Å². The van der Waals surface area contributed by atoms with Crippen molar-refractivity contribution in [2.24, 2.45) is 0 Å². The van der Waals surface area contributed by atoms with Crippen LogP contribution in [0.5, 0.6) is 0 Å². The molecule has 2 aliphatic heterocycles. The molecule has 3 aliphatic rings. The lowest BCUT2D eigenvalue weighted by atomic mass is 9.84. The molecule has 0 amide bonds. The second-order valence-electron chi connectivity index (χ2n) is 22.0. The average Bonchev–Trinajstić information content (AvgIpc) is 3.59. The maximum absolute atomic E-state index is 14.0. The average molecular weight is 1190 g/mol. The zero-order chi connectivity index (χ0) is 59.6. The summed E-state index contributed by atoms with van der Waals surface area (Å²) >= 11 is 0. The van der Waals surface area contributed by atoms with E-state index in [9.17, 15) is 75.2 Å². The first-order chi connectivity index (χ1) is 38.9. The Bertz CT molecular complexity index is 1710. The lowest BCUT2D eigenvalue weighted by Gasteiger charge is -2.49. The van der Waals surface area contributed by atoms with Gasteiger partial charge in [-0.05, 0) is 19.3 Å². The first-order valence-electron chi connectivity index (χ1n) is 30.2. The van der Waals surface area contributed by atoms with Crippen LogP contribution < -0.4 is 0 Å². The number of phosphoric acid groups is 1. The van der Waals surface area contributed by atoms with Gasteiger partial charge in [-0.3, -0.25) is 13.8 Å². The summed E-state index contributed by atoms with van der Waals surface area (Å²) in [4.78, 5) is 37.4. The number of esters is 2. The molecule has 0 radical (unpaired) electrons. The maximum Gasteiger partial charge on any atom is 0.472 e. The molecule has 0 spiro atoms. The molecule has 1 saturated carbocycles. The second-order valence-corrected chi connectivity index (χ2v) is 23.4. The number of ether oxygens (including phenoxy) is 6. The monoisotopic (exact) mass is 1190 g/mol. The van der Waals surface area contributed by atoms with Crippen LogP contribution in [0.2, 0.25) is 0 Å². The van der Waals surface area contributed by atoms with Gasteiger partial charge in [0, 0.05) is 12.5 Å². The summed E-state index contributed by atoms with van der Waals surface area (Å²) in [7, 11) is -5.66. The van der Waals surface area contributed by atoms with Gasteiger partial charge in [-0.15, -0.1) is 0 Å². The number of phosphoric ester groups is 1. The largest absolute Gasteiger partial charge is 0.472 e. The summed E-state index contributed by atoms with van der Waals surface area (Å²) in [5.41, 5.74) is 0. The van der Waals surface area contributed by atoms with E-state index >= 15 is 0 Å². The highest BCUT2D eigenvalue weighted by Crippen LogP contribution is 2.49. The van der Waals surface area contributed by atoms with Crippen molar-refractivity contribution in [1.29, 1.82) is 0 Å². The van der Waals surface area contributed by atoms with Crippen molar-refractivity contribution in [3.8, 4) is 0 Å². The van der Waals surface area contributed by atoms with E-state index in [4.69, 9.17) is 37.5 Å². The minimum atomic E-state index is -5.66. The number of carbonyl (C=O) groups excluding carboxylic acids is 2. The molecule has 1 aliphatic carbocycles. The van der Waals surface area contributed by atoms with E-state index < -0.39 is 150 Å². The van der Waals surface area contributed by atoms with Crippen LogP contribution in [-0.2, 0) is 51.6 Å². The van der Waals surface area contributed by atoms with Crippen LogP contribution >= 0.6 is 7.82 Å². The zero-order valence-electron chi connectivity index (χ0n) is 48.1. The first kappa shape index (κ1) is 73.2. The van der Waals surface area contributed by atoms with Crippen LogP contribution in [-0.4, -0.2) is 204 Å². The molecule has 3 rings (SSSR count). The fourth-order valence-corrected chi connectivity index (χ4v) is 11.0. The molecule has 3 fully saturated rings. The van der Waals surface area contributed by atoms with E-state index in [1.807, 2.05) is 6.08 Å². The zero-order valence-corrected chi connectivity index (χ0v) is 49.0. The standard InChI is InChI=1S/C57H103O23P/c1-3-5-7-9-11-13-15-17-19-21-23-25-27-29-31-33-42(60)73-37-39(75-43(61)34-32-30-28-26-24-22-20-18-16-14-12-10-8-6-4-2)38-74-81(71,72)80-55-53(78-56-51(69)46(64)44(62)40(35-58)76-56)49(67)48(66)50(68)54(55)79-57-52(70)47(65)45(63)41(36-59)77-57/h28,30,32,34,39-41,44-59,62-70H,3-27,29,31,33,35-38H2,1-2H3,(H,71,72). The van der Waals surface area contributed by atoms with Crippen molar-refractivity contribution in [2.45, 2.75) is 298 Å². The Morgan fingerprint density at radius 1 is 0.494 bits per heavy atom. The van der Waals surface area contributed by atoms with Crippen molar-refractivity contribution < 1.29 is 113 Å². The number of unbranched alkanes of at least 4 members (excludes halogenated alkanes) is 25. The molecular weight excluding hydrogens is 1080 g/mol. The minimum absolute atomic E-state index is 0.0368. The van der Waals surface area contributed by atoms with Gasteiger partial charge in [0.25, 0.3) is 0 Å². The summed E-state index contributed by atoms with van der Waals surface area (Å²) in [6.45, 7) is 0.913. The van der Waals surface area contributed by atoms with Crippen LogP contribution in [0.25, 0.3) is 0 Å². The van der Waals surface area contributed by atoms with Crippen molar-refractivity contribution >= 4 is 19.8 Å². The molecule has 2 heterocycles.